The largest absolute Gasteiger partial charge is 0.397 e. The van der Waals surface area contributed by atoms with Crippen molar-refractivity contribution in [2.75, 3.05) is 18.8 Å². The van der Waals surface area contributed by atoms with E-state index in [1.54, 1.807) is 12.3 Å². The maximum atomic E-state index is 12.4. The lowest BCUT2D eigenvalue weighted by atomic mass is 9.91. The Morgan fingerprint density at radius 3 is 2.81 bits per heavy atom. The smallest absolute Gasteiger partial charge is 0.223 e. The molecule has 1 aromatic carbocycles. The molecule has 134 valence electrons. The zero-order chi connectivity index (χ0) is 17.9. The van der Waals surface area contributed by atoms with Gasteiger partial charge in [-0.15, -0.1) is 0 Å². The van der Waals surface area contributed by atoms with E-state index >= 15 is 0 Å². The van der Waals surface area contributed by atoms with Crippen molar-refractivity contribution >= 4 is 22.5 Å². The molecule has 2 aromatic heterocycles. The third-order valence-electron chi connectivity index (χ3n) is 5.10. The number of nitrogens with zero attached hydrogens (tertiary/aromatic N) is 3. The number of hydrogen-bond donors (Lipinski definition) is 1. The number of carbonyl (C=O) groups is 1. The third kappa shape index (κ3) is 3.40. The van der Waals surface area contributed by atoms with E-state index in [4.69, 9.17) is 15.2 Å². The minimum Gasteiger partial charge on any atom is -0.397 e. The van der Waals surface area contributed by atoms with Crippen LogP contribution >= 0.6 is 0 Å². The van der Waals surface area contributed by atoms with Gasteiger partial charge >= 0.3 is 0 Å². The van der Waals surface area contributed by atoms with E-state index in [1.807, 2.05) is 35.2 Å². The van der Waals surface area contributed by atoms with Crippen molar-refractivity contribution in [1.29, 1.82) is 0 Å². The highest BCUT2D eigenvalue weighted by Crippen LogP contribution is 2.32. The first kappa shape index (κ1) is 16.6. The predicted octanol–water partition coefficient (Wildman–Crippen LogP) is 3.14. The van der Waals surface area contributed by atoms with Crippen LogP contribution in [0.2, 0.25) is 0 Å². The lowest BCUT2D eigenvalue weighted by Gasteiger charge is -2.32. The van der Waals surface area contributed by atoms with Crippen LogP contribution in [-0.2, 0) is 11.2 Å². The fraction of sp³-hybridized carbons (Fsp3) is 0.350. The number of likely N-dealkylation sites (tertiary alicyclic amines) is 1. The van der Waals surface area contributed by atoms with Gasteiger partial charge < -0.3 is 15.2 Å². The summed E-state index contributed by atoms with van der Waals surface area (Å²) >= 11 is 0. The molecule has 1 aliphatic rings. The van der Waals surface area contributed by atoms with Crippen molar-refractivity contribution in [1.82, 2.24) is 15.0 Å². The van der Waals surface area contributed by atoms with E-state index in [9.17, 15) is 4.79 Å². The Labute approximate surface area is 152 Å². The Morgan fingerprint density at radius 2 is 2.04 bits per heavy atom. The van der Waals surface area contributed by atoms with Gasteiger partial charge in [0, 0.05) is 43.3 Å². The maximum absolute atomic E-state index is 12.4. The average Bonchev–Trinajstić information content (AvgIpc) is 3.19. The second kappa shape index (κ2) is 7.15. The Bertz CT molecular complexity index is 899. The Balaban J connectivity index is 1.39. The number of amides is 1. The molecular formula is C20H22N4O2. The highest BCUT2D eigenvalue weighted by atomic mass is 16.5. The summed E-state index contributed by atoms with van der Waals surface area (Å²) in [6.07, 6.45) is 4.44. The van der Waals surface area contributed by atoms with Crippen molar-refractivity contribution in [2.24, 2.45) is 0 Å². The van der Waals surface area contributed by atoms with E-state index in [2.05, 4.69) is 5.16 Å². The minimum absolute atomic E-state index is 0.166. The SMILES string of the molecule is Nc1cc2ccccc2nc1C1CCN(C(=O)CCc2ccno2)CC1. The van der Waals surface area contributed by atoms with E-state index in [0.29, 0.717) is 18.8 Å². The summed E-state index contributed by atoms with van der Waals surface area (Å²) in [6.45, 7) is 1.49. The lowest BCUT2D eigenvalue weighted by molar-refractivity contribution is -0.132. The molecule has 2 N–H and O–H groups in total. The number of benzene rings is 1. The Morgan fingerprint density at radius 1 is 1.23 bits per heavy atom. The second-order valence-corrected chi connectivity index (χ2v) is 6.79. The summed E-state index contributed by atoms with van der Waals surface area (Å²) in [5.74, 6) is 1.22. The van der Waals surface area contributed by atoms with Crippen LogP contribution in [0.25, 0.3) is 10.9 Å². The van der Waals surface area contributed by atoms with Gasteiger partial charge in [0.2, 0.25) is 5.91 Å². The molecule has 0 atom stereocenters. The number of anilines is 1. The van der Waals surface area contributed by atoms with E-state index in [1.165, 1.54) is 0 Å². The molecule has 1 aliphatic heterocycles. The summed E-state index contributed by atoms with van der Waals surface area (Å²) in [7, 11) is 0. The quantitative estimate of drug-likeness (QED) is 0.781. The molecule has 0 spiro atoms. The molecule has 0 aliphatic carbocycles. The standard InChI is InChI=1S/C20H22N4O2/c21-17-13-15-3-1-2-4-18(15)23-20(17)14-8-11-24(12-9-14)19(25)6-5-16-7-10-22-26-16/h1-4,7,10,13-14H,5-6,8-9,11-12,21H2. The van der Waals surface area contributed by atoms with Crippen molar-refractivity contribution in [3.05, 3.63) is 54.0 Å². The first-order chi connectivity index (χ1) is 12.7. The maximum Gasteiger partial charge on any atom is 0.223 e. The number of hydrogen-bond acceptors (Lipinski definition) is 5. The highest BCUT2D eigenvalue weighted by molar-refractivity contribution is 5.82. The number of nitrogens with two attached hydrogens (primary N) is 1. The normalized spacial score (nSPS) is 15.5. The molecule has 3 heterocycles. The Hall–Kier alpha value is -2.89. The number of aromatic nitrogens is 2. The van der Waals surface area contributed by atoms with Crippen LogP contribution < -0.4 is 5.73 Å². The number of pyridine rings is 1. The monoisotopic (exact) mass is 350 g/mol. The molecule has 1 saturated heterocycles. The topological polar surface area (TPSA) is 85.2 Å². The molecule has 4 rings (SSSR count). The van der Waals surface area contributed by atoms with Crippen LogP contribution in [0, 0.1) is 0 Å². The molecule has 26 heavy (non-hydrogen) atoms. The number of para-hydroxylation sites is 1. The molecule has 0 unspecified atom stereocenters. The van der Waals surface area contributed by atoms with Gasteiger partial charge in [-0.1, -0.05) is 23.4 Å². The van der Waals surface area contributed by atoms with Gasteiger partial charge in [0.05, 0.1) is 23.1 Å². The first-order valence-electron chi connectivity index (χ1n) is 9.03. The number of nitrogen functional groups attached to an aromatic ring is 1. The summed E-state index contributed by atoms with van der Waals surface area (Å²) in [4.78, 5) is 19.1. The molecule has 6 heteroatoms. The van der Waals surface area contributed by atoms with Crippen molar-refractivity contribution in [3.63, 3.8) is 0 Å². The Kier molecular flexibility index (Phi) is 4.56. The third-order valence-corrected chi connectivity index (χ3v) is 5.10. The summed E-state index contributed by atoms with van der Waals surface area (Å²) in [6, 6.07) is 11.8. The fourth-order valence-electron chi connectivity index (χ4n) is 3.64. The van der Waals surface area contributed by atoms with E-state index in [-0.39, 0.29) is 5.91 Å². The second-order valence-electron chi connectivity index (χ2n) is 6.79. The van der Waals surface area contributed by atoms with Crippen LogP contribution in [0.5, 0.6) is 0 Å². The molecule has 0 radical (unpaired) electrons. The van der Waals surface area contributed by atoms with Gasteiger partial charge in [0.15, 0.2) is 0 Å². The van der Waals surface area contributed by atoms with Crippen LogP contribution in [-0.4, -0.2) is 34.0 Å². The fourth-order valence-corrected chi connectivity index (χ4v) is 3.64. The first-order valence-corrected chi connectivity index (χ1v) is 9.03. The molecule has 1 amide bonds. The summed E-state index contributed by atoms with van der Waals surface area (Å²) in [5.41, 5.74) is 8.95. The van der Waals surface area contributed by atoms with Gasteiger partial charge in [-0.05, 0) is 25.0 Å². The summed E-state index contributed by atoms with van der Waals surface area (Å²) in [5, 5.41) is 4.73. The summed E-state index contributed by atoms with van der Waals surface area (Å²) < 4.78 is 5.05. The highest BCUT2D eigenvalue weighted by Gasteiger charge is 2.26. The van der Waals surface area contributed by atoms with Crippen LogP contribution in [0.15, 0.2) is 47.1 Å². The van der Waals surface area contributed by atoms with Gasteiger partial charge in [-0.25, -0.2) is 0 Å². The molecule has 1 fully saturated rings. The predicted molar refractivity (Wildman–Crippen MR) is 99.5 cm³/mol. The lowest BCUT2D eigenvalue weighted by Crippen LogP contribution is -2.38. The van der Waals surface area contributed by atoms with Gasteiger partial charge in [0.25, 0.3) is 0 Å². The van der Waals surface area contributed by atoms with Gasteiger partial charge in [0.1, 0.15) is 5.76 Å². The number of piperidine rings is 1. The zero-order valence-corrected chi connectivity index (χ0v) is 14.6. The average molecular weight is 350 g/mol. The number of carbonyl (C=O) groups excluding carboxylic acids is 1. The molecule has 3 aromatic rings. The van der Waals surface area contributed by atoms with Crippen LogP contribution in [0.1, 0.15) is 36.6 Å². The zero-order valence-electron chi connectivity index (χ0n) is 14.6. The molecular weight excluding hydrogens is 328 g/mol. The molecule has 6 nitrogen and oxygen atoms in total. The van der Waals surface area contributed by atoms with E-state index < -0.39 is 0 Å². The molecule has 0 saturated carbocycles. The van der Waals surface area contributed by atoms with Gasteiger partial charge in [-0.2, -0.15) is 0 Å². The minimum atomic E-state index is 0.166. The van der Waals surface area contributed by atoms with Gasteiger partial charge in [-0.3, -0.25) is 9.78 Å². The van der Waals surface area contributed by atoms with E-state index in [0.717, 1.165) is 54.0 Å². The number of aryl methyl sites for hydroxylation is 1. The van der Waals surface area contributed by atoms with Crippen molar-refractivity contribution in [3.8, 4) is 0 Å². The van der Waals surface area contributed by atoms with Crippen molar-refractivity contribution in [2.45, 2.75) is 31.6 Å². The number of fused-ring (bicyclic) bond motifs is 1. The van der Waals surface area contributed by atoms with Crippen molar-refractivity contribution < 1.29 is 9.32 Å². The number of rotatable bonds is 4. The molecule has 0 bridgehead atoms. The van der Waals surface area contributed by atoms with Crippen LogP contribution in [0.3, 0.4) is 0 Å². The van der Waals surface area contributed by atoms with Crippen LogP contribution in [0.4, 0.5) is 5.69 Å².